The fourth-order valence-electron chi connectivity index (χ4n) is 2.51. The van der Waals surface area contributed by atoms with Gasteiger partial charge in [-0.2, -0.15) is 0 Å². The van der Waals surface area contributed by atoms with Crippen LogP contribution in [0.5, 0.6) is 0 Å². The number of benzene rings is 1. The fourth-order valence-corrected chi connectivity index (χ4v) is 2.51. The van der Waals surface area contributed by atoms with Gasteiger partial charge in [0.2, 0.25) is 0 Å². The van der Waals surface area contributed by atoms with Crippen LogP contribution < -0.4 is 0 Å². The maximum atomic E-state index is 9.58. The van der Waals surface area contributed by atoms with Gasteiger partial charge in [-0.05, 0) is 24.5 Å². The van der Waals surface area contributed by atoms with Crippen molar-refractivity contribution in [3.8, 4) is 0 Å². The van der Waals surface area contributed by atoms with Gasteiger partial charge in [-0.1, -0.05) is 24.3 Å². The summed E-state index contributed by atoms with van der Waals surface area (Å²) in [6, 6.07) is 8.55. The molecule has 0 aliphatic carbocycles. The average molecular weight is 235 g/mol. The second kappa shape index (κ2) is 6.15. The Kier molecular flexibility index (Phi) is 4.54. The third-order valence-corrected chi connectivity index (χ3v) is 3.42. The largest absolute Gasteiger partial charge is 0.394 e. The molecule has 2 rings (SSSR count). The minimum atomic E-state index is 0.139. The molecule has 1 aromatic carbocycles. The Morgan fingerprint density at radius 1 is 1.41 bits per heavy atom. The topological polar surface area (TPSA) is 32.7 Å². The Labute approximate surface area is 103 Å². The van der Waals surface area contributed by atoms with Gasteiger partial charge in [-0.15, -0.1) is 0 Å². The normalized spacial score (nSPS) is 20.2. The number of ether oxygens (including phenoxy) is 1. The van der Waals surface area contributed by atoms with Crippen LogP contribution in [0.4, 0.5) is 0 Å². The monoisotopic (exact) mass is 235 g/mol. The van der Waals surface area contributed by atoms with E-state index in [2.05, 4.69) is 23.1 Å². The first-order chi connectivity index (χ1) is 8.36. The fraction of sp³-hybridized carbons (Fsp3) is 0.571. The Balaban J connectivity index is 2.06. The van der Waals surface area contributed by atoms with Crippen LogP contribution in [0.25, 0.3) is 0 Å². The summed E-state index contributed by atoms with van der Waals surface area (Å²) in [5.41, 5.74) is 2.65. The zero-order chi connectivity index (χ0) is 12.1. The molecule has 0 bridgehead atoms. The van der Waals surface area contributed by atoms with Crippen LogP contribution in [-0.4, -0.2) is 42.9 Å². The molecule has 0 saturated carbocycles. The van der Waals surface area contributed by atoms with E-state index in [-0.39, 0.29) is 12.6 Å². The van der Waals surface area contributed by atoms with Crippen molar-refractivity contribution in [2.45, 2.75) is 19.4 Å². The molecule has 3 heteroatoms. The van der Waals surface area contributed by atoms with Crippen LogP contribution in [0.1, 0.15) is 24.1 Å². The number of fused-ring (bicyclic) bond motifs is 1. The minimum Gasteiger partial charge on any atom is -0.394 e. The zero-order valence-electron chi connectivity index (χ0n) is 10.4. The average Bonchev–Trinajstić information content (AvgIpc) is 2.38. The van der Waals surface area contributed by atoms with Crippen LogP contribution >= 0.6 is 0 Å². The van der Waals surface area contributed by atoms with E-state index < -0.39 is 0 Å². The molecule has 0 aromatic heterocycles. The second-order valence-electron chi connectivity index (χ2n) is 4.38. The van der Waals surface area contributed by atoms with Gasteiger partial charge in [0.05, 0.1) is 19.3 Å². The van der Waals surface area contributed by atoms with Crippen LogP contribution in [-0.2, 0) is 11.2 Å². The van der Waals surface area contributed by atoms with Gasteiger partial charge < -0.3 is 9.84 Å². The summed E-state index contributed by atoms with van der Waals surface area (Å²) >= 11 is 0. The molecule has 0 saturated heterocycles. The van der Waals surface area contributed by atoms with Gasteiger partial charge in [0.1, 0.15) is 0 Å². The molecular formula is C14H21NO2. The summed E-state index contributed by atoms with van der Waals surface area (Å²) in [6.45, 7) is 5.60. The summed E-state index contributed by atoms with van der Waals surface area (Å²) in [5.74, 6) is 0. The third kappa shape index (κ3) is 2.86. The number of rotatable bonds is 5. The van der Waals surface area contributed by atoms with E-state index >= 15 is 0 Å². The zero-order valence-corrected chi connectivity index (χ0v) is 10.4. The Hall–Kier alpha value is -0.900. The molecule has 94 valence electrons. The molecular weight excluding hydrogens is 214 g/mol. The number of hydrogen-bond donors (Lipinski definition) is 1. The predicted molar refractivity (Wildman–Crippen MR) is 68.0 cm³/mol. The molecule has 1 unspecified atom stereocenters. The van der Waals surface area contributed by atoms with Crippen molar-refractivity contribution < 1.29 is 9.84 Å². The van der Waals surface area contributed by atoms with E-state index in [1.54, 1.807) is 0 Å². The molecule has 1 aliphatic heterocycles. The molecule has 1 aromatic rings. The van der Waals surface area contributed by atoms with Crippen molar-refractivity contribution in [2.75, 3.05) is 32.9 Å². The van der Waals surface area contributed by atoms with Gasteiger partial charge in [0, 0.05) is 19.7 Å². The van der Waals surface area contributed by atoms with E-state index in [9.17, 15) is 5.11 Å². The number of aliphatic hydroxyl groups excluding tert-OH is 1. The molecule has 0 fully saturated rings. The SMILES string of the molecule is CCOCCN1CCc2ccccc2C1CO. The first kappa shape index (κ1) is 12.6. The highest BCUT2D eigenvalue weighted by atomic mass is 16.5. The predicted octanol–water partition coefficient (Wildman–Crippen LogP) is 1.61. The van der Waals surface area contributed by atoms with Crippen LogP contribution in [0.15, 0.2) is 24.3 Å². The molecule has 1 atom stereocenters. The minimum absolute atomic E-state index is 0.139. The summed E-state index contributed by atoms with van der Waals surface area (Å²) in [7, 11) is 0. The van der Waals surface area contributed by atoms with Gasteiger partial charge in [-0.25, -0.2) is 0 Å². The molecule has 3 nitrogen and oxygen atoms in total. The highest BCUT2D eigenvalue weighted by Gasteiger charge is 2.25. The molecule has 17 heavy (non-hydrogen) atoms. The van der Waals surface area contributed by atoms with E-state index in [0.717, 1.165) is 32.7 Å². The first-order valence-electron chi connectivity index (χ1n) is 6.37. The molecule has 1 aliphatic rings. The number of nitrogens with zero attached hydrogens (tertiary/aromatic N) is 1. The standard InChI is InChI=1S/C14H21NO2/c1-2-17-10-9-15-8-7-12-5-3-4-6-13(12)14(15)11-16/h3-6,14,16H,2,7-11H2,1H3. The van der Waals surface area contributed by atoms with Gasteiger partial charge in [0.25, 0.3) is 0 Å². The van der Waals surface area contributed by atoms with E-state index in [1.165, 1.54) is 11.1 Å². The Morgan fingerprint density at radius 2 is 2.24 bits per heavy atom. The highest BCUT2D eigenvalue weighted by molar-refractivity contribution is 5.32. The van der Waals surface area contributed by atoms with Crippen LogP contribution in [0, 0.1) is 0 Å². The lowest BCUT2D eigenvalue weighted by molar-refractivity contribution is 0.0666. The van der Waals surface area contributed by atoms with Crippen molar-refractivity contribution in [2.24, 2.45) is 0 Å². The molecule has 0 spiro atoms. The van der Waals surface area contributed by atoms with E-state index in [1.807, 2.05) is 13.0 Å². The van der Waals surface area contributed by atoms with Crippen molar-refractivity contribution in [3.63, 3.8) is 0 Å². The molecule has 1 heterocycles. The first-order valence-corrected chi connectivity index (χ1v) is 6.37. The summed E-state index contributed by atoms with van der Waals surface area (Å²) in [4.78, 5) is 2.32. The van der Waals surface area contributed by atoms with Crippen LogP contribution in [0.3, 0.4) is 0 Å². The maximum absolute atomic E-state index is 9.58. The Morgan fingerprint density at radius 3 is 3.00 bits per heavy atom. The van der Waals surface area contributed by atoms with Crippen molar-refractivity contribution in [1.82, 2.24) is 4.90 Å². The van der Waals surface area contributed by atoms with Gasteiger partial charge in [-0.3, -0.25) is 4.90 Å². The highest BCUT2D eigenvalue weighted by Crippen LogP contribution is 2.28. The summed E-state index contributed by atoms with van der Waals surface area (Å²) in [6.07, 6.45) is 1.07. The van der Waals surface area contributed by atoms with E-state index in [4.69, 9.17) is 4.74 Å². The number of hydrogen-bond acceptors (Lipinski definition) is 3. The van der Waals surface area contributed by atoms with Crippen molar-refractivity contribution in [1.29, 1.82) is 0 Å². The maximum Gasteiger partial charge on any atom is 0.0628 e. The molecule has 0 amide bonds. The lowest BCUT2D eigenvalue weighted by atomic mass is 9.93. The summed E-state index contributed by atoms with van der Waals surface area (Å²) in [5, 5.41) is 9.58. The second-order valence-corrected chi connectivity index (χ2v) is 4.38. The summed E-state index contributed by atoms with van der Waals surface area (Å²) < 4.78 is 5.39. The van der Waals surface area contributed by atoms with E-state index in [0.29, 0.717) is 0 Å². The van der Waals surface area contributed by atoms with Crippen LogP contribution in [0.2, 0.25) is 0 Å². The quantitative estimate of drug-likeness (QED) is 0.787. The van der Waals surface area contributed by atoms with Gasteiger partial charge >= 0.3 is 0 Å². The smallest absolute Gasteiger partial charge is 0.0628 e. The van der Waals surface area contributed by atoms with Crippen molar-refractivity contribution in [3.05, 3.63) is 35.4 Å². The van der Waals surface area contributed by atoms with Gasteiger partial charge in [0.15, 0.2) is 0 Å². The molecule has 1 N–H and O–H groups in total. The lowest BCUT2D eigenvalue weighted by Crippen LogP contribution is -2.39. The third-order valence-electron chi connectivity index (χ3n) is 3.42. The molecule has 0 radical (unpaired) electrons. The Bertz CT molecular complexity index is 354. The lowest BCUT2D eigenvalue weighted by Gasteiger charge is -2.36. The van der Waals surface area contributed by atoms with Crippen molar-refractivity contribution >= 4 is 0 Å². The number of aliphatic hydroxyl groups is 1.